The molecule has 1 heterocycles. The number of hydrogen-bond acceptors (Lipinski definition) is 4. The number of carbonyl (C=O) groups excluding carboxylic acids is 2. The van der Waals surface area contributed by atoms with Crippen LogP contribution in [0.15, 0.2) is 54.6 Å². The highest BCUT2D eigenvalue weighted by atomic mass is 16.5. The first-order valence-corrected chi connectivity index (χ1v) is 11.0. The zero-order chi connectivity index (χ0) is 22.1. The molecule has 2 aromatic carbocycles. The van der Waals surface area contributed by atoms with Gasteiger partial charge in [0.15, 0.2) is 0 Å². The van der Waals surface area contributed by atoms with E-state index in [2.05, 4.69) is 39.8 Å². The van der Waals surface area contributed by atoms with Crippen molar-refractivity contribution in [2.75, 3.05) is 26.7 Å². The third-order valence-electron chi connectivity index (χ3n) is 5.73. The number of nitrogens with one attached hydrogen (secondary N) is 2. The summed E-state index contributed by atoms with van der Waals surface area (Å²) >= 11 is 0. The highest BCUT2D eigenvalue weighted by Crippen LogP contribution is 2.21. The maximum atomic E-state index is 12.6. The van der Waals surface area contributed by atoms with Gasteiger partial charge in [0, 0.05) is 26.6 Å². The van der Waals surface area contributed by atoms with Gasteiger partial charge < -0.3 is 15.4 Å². The second-order valence-electron chi connectivity index (χ2n) is 8.26. The van der Waals surface area contributed by atoms with E-state index in [0.29, 0.717) is 12.5 Å². The minimum atomic E-state index is -0.357. The predicted molar refractivity (Wildman–Crippen MR) is 122 cm³/mol. The van der Waals surface area contributed by atoms with Crippen LogP contribution < -0.4 is 15.4 Å². The Kier molecular flexibility index (Phi) is 8.47. The molecule has 2 atom stereocenters. The van der Waals surface area contributed by atoms with Crippen molar-refractivity contribution in [2.45, 2.75) is 38.8 Å². The van der Waals surface area contributed by atoms with Crippen LogP contribution in [0.4, 0.5) is 0 Å². The first-order valence-electron chi connectivity index (χ1n) is 11.0. The Bertz CT molecular complexity index is 839. The molecule has 0 aromatic heterocycles. The van der Waals surface area contributed by atoms with Crippen molar-refractivity contribution >= 4 is 11.8 Å². The van der Waals surface area contributed by atoms with Gasteiger partial charge in [-0.15, -0.1) is 0 Å². The van der Waals surface area contributed by atoms with Crippen LogP contribution in [0.3, 0.4) is 0 Å². The summed E-state index contributed by atoms with van der Waals surface area (Å²) in [6.45, 7) is 5.18. The zero-order valence-electron chi connectivity index (χ0n) is 18.5. The minimum Gasteiger partial charge on any atom is -0.497 e. The van der Waals surface area contributed by atoms with Crippen molar-refractivity contribution in [2.24, 2.45) is 5.92 Å². The van der Waals surface area contributed by atoms with E-state index in [1.165, 1.54) is 12.5 Å². The van der Waals surface area contributed by atoms with Crippen LogP contribution in [0.2, 0.25) is 0 Å². The summed E-state index contributed by atoms with van der Waals surface area (Å²) in [5.74, 6) is 0.987. The summed E-state index contributed by atoms with van der Waals surface area (Å²) < 4.78 is 5.19. The zero-order valence-corrected chi connectivity index (χ0v) is 18.5. The van der Waals surface area contributed by atoms with E-state index in [1.54, 1.807) is 7.11 Å². The number of carbonyl (C=O) groups is 2. The molecule has 6 heteroatoms. The van der Waals surface area contributed by atoms with Gasteiger partial charge in [0.25, 0.3) is 0 Å². The van der Waals surface area contributed by atoms with Gasteiger partial charge in [0.2, 0.25) is 11.8 Å². The molecular weight excluding hydrogens is 390 g/mol. The molecule has 2 N–H and O–H groups in total. The van der Waals surface area contributed by atoms with Gasteiger partial charge in [-0.2, -0.15) is 0 Å². The van der Waals surface area contributed by atoms with E-state index in [-0.39, 0.29) is 24.3 Å². The SMILES string of the molecule is COc1ccc(C(CC(=O)NCC2CCCN(Cc3ccccc3)C2)NC(C)=O)cc1. The monoisotopic (exact) mass is 423 g/mol. The summed E-state index contributed by atoms with van der Waals surface area (Å²) in [6, 6.07) is 17.6. The van der Waals surface area contributed by atoms with Crippen LogP contribution in [0.5, 0.6) is 5.75 Å². The Balaban J connectivity index is 1.50. The normalized spacial score (nSPS) is 17.5. The van der Waals surface area contributed by atoms with Crippen molar-refractivity contribution in [1.29, 1.82) is 0 Å². The maximum Gasteiger partial charge on any atom is 0.222 e. The van der Waals surface area contributed by atoms with Crippen LogP contribution in [-0.4, -0.2) is 43.5 Å². The van der Waals surface area contributed by atoms with E-state index >= 15 is 0 Å². The van der Waals surface area contributed by atoms with Crippen LogP contribution in [0.25, 0.3) is 0 Å². The van der Waals surface area contributed by atoms with E-state index < -0.39 is 0 Å². The summed E-state index contributed by atoms with van der Waals surface area (Å²) in [5, 5.41) is 5.98. The van der Waals surface area contributed by atoms with E-state index in [4.69, 9.17) is 4.74 Å². The highest BCUT2D eigenvalue weighted by molar-refractivity contribution is 5.79. The smallest absolute Gasteiger partial charge is 0.222 e. The fraction of sp³-hybridized carbons (Fsp3) is 0.440. The molecule has 2 amide bonds. The van der Waals surface area contributed by atoms with Crippen LogP contribution in [0.1, 0.15) is 43.4 Å². The number of amides is 2. The molecule has 1 aliphatic heterocycles. The Morgan fingerprint density at radius 3 is 2.55 bits per heavy atom. The molecule has 0 saturated carbocycles. The molecule has 1 fully saturated rings. The lowest BCUT2D eigenvalue weighted by atomic mass is 9.97. The van der Waals surface area contributed by atoms with Crippen molar-refractivity contribution in [3.8, 4) is 5.75 Å². The standard InChI is InChI=1S/C25H33N3O3/c1-19(29)27-24(22-10-12-23(31-2)13-11-22)15-25(30)26-16-21-9-6-14-28(18-21)17-20-7-4-3-5-8-20/h3-5,7-8,10-13,21,24H,6,9,14-18H2,1-2H3,(H,26,30)(H,27,29). The molecule has 31 heavy (non-hydrogen) atoms. The summed E-state index contributed by atoms with van der Waals surface area (Å²) in [6.07, 6.45) is 2.49. The van der Waals surface area contributed by atoms with E-state index in [0.717, 1.165) is 43.8 Å². The van der Waals surface area contributed by atoms with Gasteiger partial charge in [0.1, 0.15) is 5.75 Å². The summed E-state index contributed by atoms with van der Waals surface area (Å²) in [4.78, 5) is 26.8. The van der Waals surface area contributed by atoms with Gasteiger partial charge in [-0.3, -0.25) is 14.5 Å². The lowest BCUT2D eigenvalue weighted by molar-refractivity contribution is -0.123. The molecule has 166 valence electrons. The Hall–Kier alpha value is -2.86. The molecule has 6 nitrogen and oxygen atoms in total. The number of nitrogens with zero attached hydrogens (tertiary/aromatic N) is 1. The van der Waals surface area contributed by atoms with Gasteiger partial charge in [-0.05, 0) is 48.6 Å². The number of rotatable bonds is 9. The molecule has 3 rings (SSSR count). The molecule has 1 aliphatic rings. The van der Waals surface area contributed by atoms with Crippen molar-refractivity contribution in [3.63, 3.8) is 0 Å². The molecule has 0 bridgehead atoms. The van der Waals surface area contributed by atoms with E-state index in [1.807, 2.05) is 30.3 Å². The van der Waals surface area contributed by atoms with Crippen LogP contribution in [0, 0.1) is 5.92 Å². The van der Waals surface area contributed by atoms with Crippen LogP contribution in [-0.2, 0) is 16.1 Å². The molecule has 0 aliphatic carbocycles. The fourth-order valence-corrected chi connectivity index (χ4v) is 4.15. The van der Waals surface area contributed by atoms with Gasteiger partial charge in [-0.25, -0.2) is 0 Å². The first kappa shape index (κ1) is 22.8. The Morgan fingerprint density at radius 1 is 1.13 bits per heavy atom. The third kappa shape index (κ3) is 7.40. The predicted octanol–water partition coefficient (Wildman–Crippen LogP) is 3.29. The molecular formula is C25H33N3O3. The van der Waals surface area contributed by atoms with Crippen molar-refractivity contribution < 1.29 is 14.3 Å². The molecule has 1 saturated heterocycles. The average molecular weight is 424 g/mol. The maximum absolute atomic E-state index is 12.6. The molecule has 2 aromatic rings. The number of methoxy groups -OCH3 is 1. The summed E-state index contributed by atoms with van der Waals surface area (Å²) in [7, 11) is 1.61. The molecule has 0 spiro atoms. The van der Waals surface area contributed by atoms with Gasteiger partial charge in [0.05, 0.1) is 19.6 Å². The molecule has 0 radical (unpaired) electrons. The quantitative estimate of drug-likeness (QED) is 0.649. The second-order valence-corrected chi connectivity index (χ2v) is 8.26. The summed E-state index contributed by atoms with van der Waals surface area (Å²) in [5.41, 5.74) is 2.21. The van der Waals surface area contributed by atoms with Gasteiger partial charge in [-0.1, -0.05) is 42.5 Å². The Labute approximate surface area is 185 Å². The second kappa shape index (κ2) is 11.5. The third-order valence-corrected chi connectivity index (χ3v) is 5.73. The first-order chi connectivity index (χ1) is 15.0. The minimum absolute atomic E-state index is 0.0465. The van der Waals surface area contributed by atoms with E-state index in [9.17, 15) is 9.59 Å². The fourth-order valence-electron chi connectivity index (χ4n) is 4.15. The number of ether oxygens (including phenoxy) is 1. The Morgan fingerprint density at radius 2 is 1.87 bits per heavy atom. The lowest BCUT2D eigenvalue weighted by Crippen LogP contribution is -2.41. The van der Waals surface area contributed by atoms with Crippen molar-refractivity contribution in [3.05, 3.63) is 65.7 Å². The van der Waals surface area contributed by atoms with Gasteiger partial charge >= 0.3 is 0 Å². The largest absolute Gasteiger partial charge is 0.497 e. The highest BCUT2D eigenvalue weighted by Gasteiger charge is 2.22. The number of likely N-dealkylation sites (tertiary alicyclic amines) is 1. The number of benzene rings is 2. The lowest BCUT2D eigenvalue weighted by Gasteiger charge is -2.33. The van der Waals surface area contributed by atoms with Crippen molar-refractivity contribution in [1.82, 2.24) is 15.5 Å². The molecule has 2 unspecified atom stereocenters. The number of hydrogen-bond donors (Lipinski definition) is 2. The topological polar surface area (TPSA) is 70.7 Å². The number of piperidine rings is 1. The average Bonchev–Trinajstić information content (AvgIpc) is 2.78. The van der Waals surface area contributed by atoms with Crippen LogP contribution >= 0.6 is 0 Å².